The Balaban J connectivity index is 1.63. The summed E-state index contributed by atoms with van der Waals surface area (Å²) in [5.74, 6) is 0.631. The second-order valence-corrected chi connectivity index (χ2v) is 8.48. The van der Waals surface area contributed by atoms with Crippen LogP contribution in [-0.2, 0) is 19.1 Å². The van der Waals surface area contributed by atoms with Crippen molar-refractivity contribution in [3.05, 3.63) is 23.3 Å². The van der Waals surface area contributed by atoms with Gasteiger partial charge in [0.2, 0.25) is 0 Å². The van der Waals surface area contributed by atoms with Crippen LogP contribution in [0.2, 0.25) is 0 Å². The highest BCUT2D eigenvalue weighted by Crippen LogP contribution is 2.65. The van der Waals surface area contributed by atoms with Crippen molar-refractivity contribution < 1.29 is 19.1 Å². The van der Waals surface area contributed by atoms with E-state index in [2.05, 4.69) is 26.8 Å². The summed E-state index contributed by atoms with van der Waals surface area (Å²) in [6.45, 7) is 7.37. The quantitative estimate of drug-likeness (QED) is 0.743. The predicted molar refractivity (Wildman–Crippen MR) is 89.0 cm³/mol. The molecule has 0 spiro atoms. The fourth-order valence-corrected chi connectivity index (χ4v) is 5.77. The molecular formula is C20H26O4. The molecule has 4 aliphatic rings. The third-order valence-corrected chi connectivity index (χ3v) is 7.44. The Morgan fingerprint density at radius 3 is 2.79 bits per heavy atom. The zero-order valence-corrected chi connectivity index (χ0v) is 14.8. The van der Waals surface area contributed by atoms with Crippen LogP contribution >= 0.6 is 0 Å². The van der Waals surface area contributed by atoms with Crippen molar-refractivity contribution in [1.29, 1.82) is 0 Å². The van der Waals surface area contributed by atoms with Gasteiger partial charge in [0.25, 0.3) is 0 Å². The fourth-order valence-electron chi connectivity index (χ4n) is 5.77. The molecule has 1 saturated heterocycles. The number of allylic oxidation sites excluding steroid dienone is 1. The van der Waals surface area contributed by atoms with Gasteiger partial charge in [0, 0.05) is 17.1 Å². The first-order chi connectivity index (χ1) is 11.4. The van der Waals surface area contributed by atoms with Crippen molar-refractivity contribution in [3.8, 4) is 0 Å². The minimum absolute atomic E-state index is 0.0280. The van der Waals surface area contributed by atoms with Gasteiger partial charge in [0.15, 0.2) is 0 Å². The highest BCUT2D eigenvalue weighted by molar-refractivity contribution is 5.93. The minimum Gasteiger partial charge on any atom is -0.458 e. The van der Waals surface area contributed by atoms with E-state index >= 15 is 0 Å². The summed E-state index contributed by atoms with van der Waals surface area (Å²) in [5, 5.41) is 0. The van der Waals surface area contributed by atoms with Gasteiger partial charge in [-0.15, -0.1) is 0 Å². The molecule has 0 radical (unpaired) electrons. The van der Waals surface area contributed by atoms with Crippen LogP contribution in [0.3, 0.4) is 0 Å². The lowest BCUT2D eigenvalue weighted by Gasteiger charge is -2.57. The van der Waals surface area contributed by atoms with E-state index in [1.807, 2.05) is 0 Å². The lowest BCUT2D eigenvalue weighted by Crippen LogP contribution is -2.54. The first-order valence-electron chi connectivity index (χ1n) is 9.13. The zero-order valence-electron chi connectivity index (χ0n) is 14.8. The first-order valence-corrected chi connectivity index (χ1v) is 9.13. The third-order valence-electron chi connectivity index (χ3n) is 7.44. The number of esters is 2. The van der Waals surface area contributed by atoms with E-state index in [9.17, 15) is 9.59 Å². The van der Waals surface area contributed by atoms with Crippen LogP contribution in [0, 0.1) is 22.7 Å². The molecule has 0 N–H and O–H groups in total. The van der Waals surface area contributed by atoms with E-state index in [0.29, 0.717) is 18.4 Å². The van der Waals surface area contributed by atoms with E-state index in [1.54, 1.807) is 6.08 Å². The summed E-state index contributed by atoms with van der Waals surface area (Å²) >= 11 is 0. The van der Waals surface area contributed by atoms with Crippen LogP contribution in [0.5, 0.6) is 0 Å². The van der Waals surface area contributed by atoms with E-state index in [0.717, 1.165) is 43.3 Å². The average molecular weight is 330 g/mol. The molecule has 24 heavy (non-hydrogen) atoms. The van der Waals surface area contributed by atoms with Crippen molar-refractivity contribution in [3.63, 3.8) is 0 Å². The van der Waals surface area contributed by atoms with Gasteiger partial charge in [-0.05, 0) is 54.9 Å². The molecule has 0 amide bonds. The maximum absolute atomic E-state index is 12.3. The molecule has 130 valence electrons. The molecule has 4 rings (SSSR count). The second-order valence-electron chi connectivity index (χ2n) is 8.48. The Hall–Kier alpha value is -1.58. The van der Waals surface area contributed by atoms with Gasteiger partial charge in [0.1, 0.15) is 12.7 Å². The lowest BCUT2D eigenvalue weighted by molar-refractivity contribution is -0.148. The van der Waals surface area contributed by atoms with Crippen LogP contribution in [0.25, 0.3) is 0 Å². The van der Waals surface area contributed by atoms with Crippen molar-refractivity contribution in [2.75, 3.05) is 6.61 Å². The van der Waals surface area contributed by atoms with E-state index in [-0.39, 0.29) is 28.9 Å². The predicted octanol–water partition coefficient (Wildman–Crippen LogP) is 3.56. The maximum Gasteiger partial charge on any atom is 0.334 e. The second kappa shape index (κ2) is 5.21. The van der Waals surface area contributed by atoms with Gasteiger partial charge in [-0.3, -0.25) is 0 Å². The Morgan fingerprint density at radius 2 is 2.08 bits per heavy atom. The standard InChI is InChI=1S/C20H26O4/c1-12-9-16-20(3)14(18(22)24-16)5-4-6-15(20)19(12,2)8-7-13-10-17(21)23-11-13/h5,10,12,15-16H,4,6-9,11H2,1-3H3. The SMILES string of the molecule is CC1CC2OC(=O)C3=CCCC(C1(C)CCC1=CC(=O)OC1)C32C. The molecule has 2 aliphatic carbocycles. The largest absolute Gasteiger partial charge is 0.458 e. The third kappa shape index (κ3) is 2.04. The number of hydrogen-bond donors (Lipinski definition) is 0. The molecular weight excluding hydrogens is 304 g/mol. The molecule has 2 fully saturated rings. The minimum atomic E-state index is -0.212. The van der Waals surface area contributed by atoms with Crippen LogP contribution < -0.4 is 0 Å². The molecule has 0 aromatic heterocycles. The number of carbonyl (C=O) groups excluding carboxylic acids is 2. The van der Waals surface area contributed by atoms with Gasteiger partial charge in [-0.2, -0.15) is 0 Å². The van der Waals surface area contributed by atoms with Crippen LogP contribution in [0.4, 0.5) is 0 Å². The molecule has 0 aromatic carbocycles. The number of ether oxygens (including phenoxy) is 2. The normalized spacial score (nSPS) is 43.7. The van der Waals surface area contributed by atoms with Crippen LogP contribution in [0.1, 0.15) is 52.9 Å². The van der Waals surface area contributed by atoms with Crippen molar-refractivity contribution in [2.45, 2.75) is 59.0 Å². The number of hydrogen-bond acceptors (Lipinski definition) is 4. The number of carbonyl (C=O) groups is 2. The molecule has 1 saturated carbocycles. The van der Waals surface area contributed by atoms with E-state index in [1.165, 1.54) is 0 Å². The van der Waals surface area contributed by atoms with Crippen molar-refractivity contribution in [1.82, 2.24) is 0 Å². The zero-order chi connectivity index (χ0) is 17.1. The summed E-state index contributed by atoms with van der Waals surface area (Å²) in [6, 6.07) is 0. The van der Waals surface area contributed by atoms with Crippen molar-refractivity contribution in [2.24, 2.45) is 22.7 Å². The van der Waals surface area contributed by atoms with Gasteiger partial charge in [-0.1, -0.05) is 26.8 Å². The highest BCUT2D eigenvalue weighted by Gasteiger charge is 2.64. The molecule has 0 bridgehead atoms. The fraction of sp³-hybridized carbons (Fsp3) is 0.700. The van der Waals surface area contributed by atoms with Gasteiger partial charge in [0.05, 0.1) is 0 Å². The van der Waals surface area contributed by atoms with Crippen LogP contribution in [0.15, 0.2) is 23.3 Å². The van der Waals surface area contributed by atoms with Gasteiger partial charge < -0.3 is 9.47 Å². The summed E-state index contributed by atoms with van der Waals surface area (Å²) < 4.78 is 10.8. The Morgan fingerprint density at radius 1 is 1.29 bits per heavy atom. The molecule has 4 heteroatoms. The maximum atomic E-state index is 12.3. The molecule has 2 aliphatic heterocycles. The molecule has 0 aromatic rings. The van der Waals surface area contributed by atoms with Gasteiger partial charge >= 0.3 is 11.9 Å². The monoisotopic (exact) mass is 330 g/mol. The topological polar surface area (TPSA) is 52.6 Å². The summed E-state index contributed by atoms with van der Waals surface area (Å²) in [5.41, 5.74) is 2.02. The van der Waals surface area contributed by atoms with Crippen LogP contribution in [-0.4, -0.2) is 24.6 Å². The summed E-state index contributed by atoms with van der Waals surface area (Å²) in [6.07, 6.45) is 8.73. The number of rotatable bonds is 3. The molecule has 4 nitrogen and oxygen atoms in total. The Labute approximate surface area is 143 Å². The molecule has 2 heterocycles. The lowest BCUT2D eigenvalue weighted by atomic mass is 9.46. The molecule has 5 unspecified atom stereocenters. The number of cyclic esters (lactones) is 1. The Kier molecular flexibility index (Phi) is 3.45. The van der Waals surface area contributed by atoms with Gasteiger partial charge in [-0.25, -0.2) is 9.59 Å². The highest BCUT2D eigenvalue weighted by atomic mass is 16.6. The summed E-state index contributed by atoms with van der Waals surface area (Å²) in [7, 11) is 0. The Bertz CT molecular complexity index is 661. The van der Waals surface area contributed by atoms with E-state index < -0.39 is 0 Å². The average Bonchev–Trinajstić information content (AvgIpc) is 3.06. The molecule has 5 atom stereocenters. The van der Waals surface area contributed by atoms with Crippen molar-refractivity contribution >= 4 is 11.9 Å². The smallest absolute Gasteiger partial charge is 0.334 e. The summed E-state index contributed by atoms with van der Waals surface area (Å²) in [4.78, 5) is 23.6. The van der Waals surface area contributed by atoms with E-state index in [4.69, 9.17) is 9.47 Å². The first kappa shape index (κ1) is 15.9.